The molecule has 3 unspecified atom stereocenters. The van der Waals surface area contributed by atoms with E-state index in [4.69, 9.17) is 10.5 Å². The summed E-state index contributed by atoms with van der Waals surface area (Å²) >= 11 is 0. The molecule has 1 fully saturated rings. The standard InChI is InChI=1S/C16H22F3NO/c1-21-12-6-4-5-11(9-12)10-15(20)13-7-2-3-8-14(13)16(17,18)19/h4-6,9,13-15H,2-3,7-8,10,20H2,1H3. The molecule has 0 amide bonds. The van der Waals surface area contributed by atoms with Gasteiger partial charge in [-0.05, 0) is 42.9 Å². The highest BCUT2D eigenvalue weighted by molar-refractivity contribution is 5.29. The van der Waals surface area contributed by atoms with Crippen molar-refractivity contribution in [3.05, 3.63) is 29.8 Å². The number of benzene rings is 1. The lowest BCUT2D eigenvalue weighted by molar-refractivity contribution is -0.198. The molecule has 1 aromatic rings. The molecule has 0 saturated heterocycles. The third-order valence-electron chi connectivity index (χ3n) is 4.40. The van der Waals surface area contributed by atoms with Crippen LogP contribution in [0.2, 0.25) is 0 Å². The van der Waals surface area contributed by atoms with E-state index < -0.39 is 24.1 Å². The molecule has 21 heavy (non-hydrogen) atoms. The second-order valence-electron chi connectivity index (χ2n) is 5.82. The van der Waals surface area contributed by atoms with Gasteiger partial charge in [0.25, 0.3) is 0 Å². The van der Waals surface area contributed by atoms with Crippen molar-refractivity contribution in [3.8, 4) is 5.75 Å². The van der Waals surface area contributed by atoms with Crippen LogP contribution in [-0.4, -0.2) is 19.3 Å². The van der Waals surface area contributed by atoms with Crippen molar-refractivity contribution >= 4 is 0 Å². The minimum absolute atomic E-state index is 0.208. The maximum atomic E-state index is 13.1. The number of ether oxygens (including phenoxy) is 1. The van der Waals surface area contributed by atoms with Gasteiger partial charge in [0.1, 0.15) is 5.75 Å². The first kappa shape index (κ1) is 16.1. The van der Waals surface area contributed by atoms with Crippen molar-refractivity contribution in [1.29, 1.82) is 0 Å². The Kier molecular flexibility index (Phi) is 5.14. The van der Waals surface area contributed by atoms with E-state index in [0.29, 0.717) is 25.0 Å². The molecule has 1 aliphatic rings. The molecule has 0 aliphatic heterocycles. The lowest BCUT2D eigenvalue weighted by Gasteiger charge is -2.36. The summed E-state index contributed by atoms with van der Waals surface area (Å²) in [7, 11) is 1.57. The molecule has 118 valence electrons. The summed E-state index contributed by atoms with van der Waals surface area (Å²) in [5.41, 5.74) is 7.04. The lowest BCUT2D eigenvalue weighted by Crippen LogP contribution is -2.44. The van der Waals surface area contributed by atoms with E-state index in [9.17, 15) is 13.2 Å². The molecule has 0 aromatic heterocycles. The molecule has 0 bridgehead atoms. The largest absolute Gasteiger partial charge is 0.497 e. The molecule has 1 aliphatic carbocycles. The van der Waals surface area contributed by atoms with Crippen molar-refractivity contribution in [2.45, 2.75) is 44.3 Å². The zero-order valence-corrected chi connectivity index (χ0v) is 12.2. The minimum atomic E-state index is -4.14. The van der Waals surface area contributed by atoms with Crippen LogP contribution in [0.25, 0.3) is 0 Å². The van der Waals surface area contributed by atoms with Crippen LogP contribution >= 0.6 is 0 Å². The number of hydrogen-bond donors (Lipinski definition) is 1. The highest BCUT2D eigenvalue weighted by Crippen LogP contribution is 2.43. The first-order valence-corrected chi connectivity index (χ1v) is 7.37. The Balaban J connectivity index is 2.08. The molecular weight excluding hydrogens is 279 g/mol. The fourth-order valence-corrected chi connectivity index (χ4v) is 3.30. The lowest BCUT2D eigenvalue weighted by atomic mass is 9.73. The third-order valence-corrected chi connectivity index (χ3v) is 4.40. The molecule has 1 saturated carbocycles. The summed E-state index contributed by atoms with van der Waals surface area (Å²) in [4.78, 5) is 0. The van der Waals surface area contributed by atoms with E-state index in [1.165, 1.54) is 0 Å². The summed E-state index contributed by atoms with van der Waals surface area (Å²) in [6.07, 6.45) is -1.43. The average molecular weight is 301 g/mol. The van der Waals surface area contributed by atoms with Gasteiger partial charge in [0.2, 0.25) is 0 Å². The molecule has 0 spiro atoms. The van der Waals surface area contributed by atoms with Gasteiger partial charge >= 0.3 is 6.18 Å². The van der Waals surface area contributed by atoms with Crippen molar-refractivity contribution in [1.82, 2.24) is 0 Å². The average Bonchev–Trinajstić information content (AvgIpc) is 2.46. The monoisotopic (exact) mass is 301 g/mol. The molecule has 3 atom stereocenters. The van der Waals surface area contributed by atoms with Crippen LogP contribution in [0.15, 0.2) is 24.3 Å². The molecule has 0 radical (unpaired) electrons. The van der Waals surface area contributed by atoms with Gasteiger partial charge in [0, 0.05) is 6.04 Å². The Labute approximate surface area is 123 Å². The predicted molar refractivity (Wildman–Crippen MR) is 76.2 cm³/mol. The highest BCUT2D eigenvalue weighted by Gasteiger charge is 2.47. The molecule has 2 rings (SSSR count). The van der Waals surface area contributed by atoms with Crippen LogP contribution in [0.4, 0.5) is 13.2 Å². The number of nitrogens with two attached hydrogens (primary N) is 1. The summed E-state index contributed by atoms with van der Waals surface area (Å²) in [6, 6.07) is 6.90. The van der Waals surface area contributed by atoms with Crippen LogP contribution < -0.4 is 10.5 Å². The fourth-order valence-electron chi connectivity index (χ4n) is 3.30. The van der Waals surface area contributed by atoms with Gasteiger partial charge in [0.15, 0.2) is 0 Å². The van der Waals surface area contributed by atoms with Crippen LogP contribution in [0, 0.1) is 11.8 Å². The van der Waals surface area contributed by atoms with Gasteiger partial charge in [-0.2, -0.15) is 13.2 Å². The number of hydrogen-bond acceptors (Lipinski definition) is 2. The number of alkyl halides is 3. The van der Waals surface area contributed by atoms with E-state index in [1.807, 2.05) is 24.3 Å². The quantitative estimate of drug-likeness (QED) is 0.914. The SMILES string of the molecule is COc1cccc(CC(N)C2CCCCC2C(F)(F)F)c1. The van der Waals surface area contributed by atoms with Gasteiger partial charge in [-0.15, -0.1) is 0 Å². The summed E-state index contributed by atoms with van der Waals surface area (Å²) < 4.78 is 44.5. The highest BCUT2D eigenvalue weighted by atomic mass is 19.4. The van der Waals surface area contributed by atoms with Crippen LogP contribution in [0.5, 0.6) is 5.75 Å². The van der Waals surface area contributed by atoms with Crippen molar-refractivity contribution in [2.75, 3.05) is 7.11 Å². The van der Waals surface area contributed by atoms with Gasteiger partial charge in [0.05, 0.1) is 13.0 Å². The van der Waals surface area contributed by atoms with E-state index >= 15 is 0 Å². The molecule has 1 aromatic carbocycles. The fraction of sp³-hybridized carbons (Fsp3) is 0.625. The van der Waals surface area contributed by atoms with Gasteiger partial charge in [-0.25, -0.2) is 0 Å². The maximum absolute atomic E-state index is 13.1. The molecule has 0 heterocycles. The second-order valence-corrected chi connectivity index (χ2v) is 5.82. The smallest absolute Gasteiger partial charge is 0.392 e. The number of halogens is 3. The Hall–Kier alpha value is -1.23. The number of methoxy groups -OCH3 is 1. The van der Waals surface area contributed by atoms with E-state index in [-0.39, 0.29) is 6.42 Å². The molecule has 5 heteroatoms. The predicted octanol–water partition coefficient (Wildman–Crippen LogP) is 3.93. The summed E-state index contributed by atoms with van der Waals surface area (Å²) in [5, 5.41) is 0. The Morgan fingerprint density at radius 1 is 1.29 bits per heavy atom. The summed E-state index contributed by atoms with van der Waals surface area (Å²) in [5.74, 6) is -1.03. The van der Waals surface area contributed by atoms with Gasteiger partial charge < -0.3 is 10.5 Å². The zero-order valence-electron chi connectivity index (χ0n) is 12.2. The van der Waals surface area contributed by atoms with Gasteiger partial charge in [-0.3, -0.25) is 0 Å². The Bertz CT molecular complexity index is 461. The molecule has 2 N–H and O–H groups in total. The van der Waals surface area contributed by atoms with Crippen LogP contribution in [0.3, 0.4) is 0 Å². The van der Waals surface area contributed by atoms with Crippen molar-refractivity contribution in [2.24, 2.45) is 17.6 Å². The first-order valence-electron chi connectivity index (χ1n) is 7.37. The third kappa shape index (κ3) is 4.13. The van der Waals surface area contributed by atoms with Gasteiger partial charge in [-0.1, -0.05) is 25.0 Å². The number of rotatable bonds is 4. The van der Waals surface area contributed by atoms with Crippen molar-refractivity contribution < 1.29 is 17.9 Å². The Morgan fingerprint density at radius 2 is 2.00 bits per heavy atom. The van der Waals surface area contributed by atoms with Crippen LogP contribution in [0.1, 0.15) is 31.2 Å². The molecule has 2 nitrogen and oxygen atoms in total. The maximum Gasteiger partial charge on any atom is 0.392 e. The Morgan fingerprint density at radius 3 is 2.67 bits per heavy atom. The minimum Gasteiger partial charge on any atom is -0.497 e. The van der Waals surface area contributed by atoms with E-state index in [0.717, 1.165) is 12.0 Å². The van der Waals surface area contributed by atoms with E-state index in [1.54, 1.807) is 7.11 Å². The van der Waals surface area contributed by atoms with Crippen LogP contribution in [-0.2, 0) is 6.42 Å². The first-order chi connectivity index (χ1) is 9.91. The normalized spacial score (nSPS) is 24.6. The topological polar surface area (TPSA) is 35.2 Å². The molecular formula is C16H22F3NO. The van der Waals surface area contributed by atoms with E-state index in [2.05, 4.69) is 0 Å². The zero-order chi connectivity index (χ0) is 15.5. The van der Waals surface area contributed by atoms with Crippen molar-refractivity contribution in [3.63, 3.8) is 0 Å². The second kappa shape index (κ2) is 6.69. The summed E-state index contributed by atoms with van der Waals surface area (Å²) in [6.45, 7) is 0.